The fourth-order valence-electron chi connectivity index (χ4n) is 3.08. The monoisotopic (exact) mass is 330 g/mol. The highest BCUT2D eigenvalue weighted by Gasteiger charge is 2.23. The van der Waals surface area contributed by atoms with Crippen LogP contribution in [-0.2, 0) is 6.42 Å². The molecular weight excluding hydrogens is 308 g/mol. The molecule has 0 aliphatic carbocycles. The summed E-state index contributed by atoms with van der Waals surface area (Å²) in [5, 5.41) is 4.27. The number of nitrogens with zero attached hydrogens (tertiary/aromatic N) is 3. The van der Waals surface area contributed by atoms with Crippen LogP contribution in [0.3, 0.4) is 0 Å². The van der Waals surface area contributed by atoms with E-state index in [1.807, 2.05) is 18.2 Å². The minimum absolute atomic E-state index is 0.342. The van der Waals surface area contributed by atoms with Gasteiger partial charge in [0.1, 0.15) is 12.1 Å². The zero-order chi connectivity index (χ0) is 16.1. The van der Waals surface area contributed by atoms with E-state index in [1.54, 1.807) is 6.33 Å². The van der Waals surface area contributed by atoms with Gasteiger partial charge in [-0.3, -0.25) is 4.90 Å². The molecule has 122 valence electrons. The second-order valence-corrected chi connectivity index (χ2v) is 6.38. The number of hydrogen-bond acceptors (Lipinski definition) is 4. The van der Waals surface area contributed by atoms with Crippen LogP contribution in [0.25, 0.3) is 0 Å². The average Bonchev–Trinajstić information content (AvgIpc) is 3.11. The molecule has 0 bridgehead atoms. The minimum atomic E-state index is 0.342. The summed E-state index contributed by atoms with van der Waals surface area (Å²) in [4.78, 5) is 11.1. The molecule has 0 amide bonds. The van der Waals surface area contributed by atoms with E-state index < -0.39 is 0 Å². The second kappa shape index (κ2) is 7.75. The third-order valence-electron chi connectivity index (χ3n) is 4.40. The van der Waals surface area contributed by atoms with Crippen molar-refractivity contribution in [3.63, 3.8) is 0 Å². The van der Waals surface area contributed by atoms with E-state index in [9.17, 15) is 0 Å². The Morgan fingerprint density at radius 2 is 1.91 bits per heavy atom. The first kappa shape index (κ1) is 16.2. The molecule has 1 atom stereocenters. The SMILES string of the molecule is CCc1cc(NC[C@@H](c2ccc(Cl)cc2)N2CCCC2)ncn1. The molecule has 0 radical (unpaired) electrons. The van der Waals surface area contributed by atoms with E-state index in [1.165, 1.54) is 18.4 Å². The van der Waals surface area contributed by atoms with Gasteiger partial charge in [-0.05, 0) is 50.0 Å². The van der Waals surface area contributed by atoms with Gasteiger partial charge in [-0.25, -0.2) is 9.97 Å². The lowest BCUT2D eigenvalue weighted by atomic mass is 10.1. The Morgan fingerprint density at radius 3 is 2.61 bits per heavy atom. The largest absolute Gasteiger partial charge is 0.368 e. The molecule has 5 heteroatoms. The van der Waals surface area contributed by atoms with Crippen LogP contribution in [0.15, 0.2) is 36.7 Å². The quantitative estimate of drug-likeness (QED) is 0.871. The van der Waals surface area contributed by atoms with Gasteiger partial charge in [0.25, 0.3) is 0 Å². The third-order valence-corrected chi connectivity index (χ3v) is 4.65. The summed E-state index contributed by atoms with van der Waals surface area (Å²) in [7, 11) is 0. The fraction of sp³-hybridized carbons (Fsp3) is 0.444. The summed E-state index contributed by atoms with van der Waals surface area (Å²) in [6.07, 6.45) is 5.10. The number of halogens is 1. The first-order valence-corrected chi connectivity index (χ1v) is 8.68. The highest BCUT2D eigenvalue weighted by atomic mass is 35.5. The summed E-state index contributed by atoms with van der Waals surface area (Å²) >= 11 is 6.04. The number of hydrogen-bond donors (Lipinski definition) is 1. The molecule has 1 aromatic carbocycles. The Morgan fingerprint density at radius 1 is 1.17 bits per heavy atom. The maximum absolute atomic E-state index is 6.04. The van der Waals surface area contributed by atoms with E-state index in [0.29, 0.717) is 6.04 Å². The standard InChI is InChI=1S/C18H23ClN4/c1-2-16-11-18(22-13-21-16)20-12-17(23-9-3-4-10-23)14-5-7-15(19)8-6-14/h5-8,11,13,17H,2-4,9-10,12H2,1H3,(H,20,21,22)/t17-/m0/s1. The molecule has 0 saturated carbocycles. The number of aromatic nitrogens is 2. The van der Waals surface area contributed by atoms with Gasteiger partial charge in [0.15, 0.2) is 0 Å². The van der Waals surface area contributed by atoms with Crippen molar-refractivity contribution in [3.05, 3.63) is 52.9 Å². The molecule has 1 fully saturated rings. The lowest BCUT2D eigenvalue weighted by molar-refractivity contribution is 0.256. The number of rotatable bonds is 6. The zero-order valence-corrected chi connectivity index (χ0v) is 14.3. The van der Waals surface area contributed by atoms with Crippen LogP contribution in [0.1, 0.15) is 37.1 Å². The Hall–Kier alpha value is -1.65. The van der Waals surface area contributed by atoms with Gasteiger partial charge in [-0.2, -0.15) is 0 Å². The Bertz CT molecular complexity index is 623. The first-order valence-electron chi connectivity index (χ1n) is 8.30. The van der Waals surface area contributed by atoms with E-state index in [0.717, 1.165) is 42.6 Å². The van der Waals surface area contributed by atoms with Crippen LogP contribution < -0.4 is 5.32 Å². The fourth-order valence-corrected chi connectivity index (χ4v) is 3.21. The smallest absolute Gasteiger partial charge is 0.129 e. The van der Waals surface area contributed by atoms with Crippen molar-refractivity contribution in [1.82, 2.24) is 14.9 Å². The Balaban J connectivity index is 1.74. The van der Waals surface area contributed by atoms with Crippen molar-refractivity contribution >= 4 is 17.4 Å². The van der Waals surface area contributed by atoms with Gasteiger partial charge >= 0.3 is 0 Å². The number of aryl methyl sites for hydroxylation is 1. The molecule has 1 saturated heterocycles. The molecule has 1 aromatic heterocycles. The van der Waals surface area contributed by atoms with E-state index in [2.05, 4.69) is 39.2 Å². The molecule has 1 aliphatic heterocycles. The molecule has 2 heterocycles. The van der Waals surface area contributed by atoms with Crippen LogP contribution in [0.2, 0.25) is 5.02 Å². The molecule has 2 aromatic rings. The molecule has 3 rings (SSSR count). The van der Waals surface area contributed by atoms with Crippen LogP contribution in [0.4, 0.5) is 5.82 Å². The number of anilines is 1. The van der Waals surface area contributed by atoms with Crippen molar-refractivity contribution in [1.29, 1.82) is 0 Å². The zero-order valence-electron chi connectivity index (χ0n) is 13.5. The molecule has 1 aliphatic rings. The Kier molecular flexibility index (Phi) is 5.47. The Labute approximate surface area is 142 Å². The van der Waals surface area contributed by atoms with Gasteiger partial charge in [-0.15, -0.1) is 0 Å². The molecule has 4 nitrogen and oxygen atoms in total. The van der Waals surface area contributed by atoms with Crippen molar-refractivity contribution in [3.8, 4) is 0 Å². The van der Waals surface area contributed by atoms with Crippen molar-refractivity contribution in [2.24, 2.45) is 0 Å². The summed E-state index contributed by atoms with van der Waals surface area (Å²) in [6.45, 7) is 5.24. The van der Waals surface area contributed by atoms with Crippen LogP contribution >= 0.6 is 11.6 Å². The molecule has 1 N–H and O–H groups in total. The highest BCUT2D eigenvalue weighted by molar-refractivity contribution is 6.30. The lowest BCUT2D eigenvalue weighted by Crippen LogP contribution is -2.31. The second-order valence-electron chi connectivity index (χ2n) is 5.94. The van der Waals surface area contributed by atoms with E-state index >= 15 is 0 Å². The molecule has 0 unspecified atom stereocenters. The highest BCUT2D eigenvalue weighted by Crippen LogP contribution is 2.26. The normalized spacial score (nSPS) is 16.4. The summed E-state index contributed by atoms with van der Waals surface area (Å²) in [6, 6.07) is 10.6. The number of likely N-dealkylation sites (tertiary alicyclic amines) is 1. The predicted molar refractivity (Wildman–Crippen MR) is 94.9 cm³/mol. The molecule has 0 spiro atoms. The van der Waals surface area contributed by atoms with E-state index in [-0.39, 0.29) is 0 Å². The van der Waals surface area contributed by atoms with Gasteiger partial charge in [0, 0.05) is 23.3 Å². The summed E-state index contributed by atoms with van der Waals surface area (Å²) in [5.41, 5.74) is 2.36. The third kappa shape index (κ3) is 4.21. The van der Waals surface area contributed by atoms with Gasteiger partial charge in [0.2, 0.25) is 0 Å². The van der Waals surface area contributed by atoms with Gasteiger partial charge in [0.05, 0.1) is 6.04 Å². The van der Waals surface area contributed by atoms with Gasteiger partial charge in [-0.1, -0.05) is 30.7 Å². The molecular formula is C18H23ClN4. The maximum Gasteiger partial charge on any atom is 0.129 e. The first-order chi connectivity index (χ1) is 11.3. The maximum atomic E-state index is 6.04. The number of nitrogens with one attached hydrogen (secondary N) is 1. The van der Waals surface area contributed by atoms with Crippen molar-refractivity contribution in [2.75, 3.05) is 25.0 Å². The van der Waals surface area contributed by atoms with Crippen LogP contribution in [0.5, 0.6) is 0 Å². The number of benzene rings is 1. The van der Waals surface area contributed by atoms with Crippen LogP contribution in [-0.4, -0.2) is 34.5 Å². The molecule has 23 heavy (non-hydrogen) atoms. The summed E-state index contributed by atoms with van der Waals surface area (Å²) < 4.78 is 0. The lowest BCUT2D eigenvalue weighted by Gasteiger charge is -2.28. The van der Waals surface area contributed by atoms with Gasteiger partial charge < -0.3 is 5.32 Å². The van der Waals surface area contributed by atoms with Crippen molar-refractivity contribution in [2.45, 2.75) is 32.2 Å². The average molecular weight is 331 g/mol. The minimum Gasteiger partial charge on any atom is -0.368 e. The van der Waals surface area contributed by atoms with E-state index in [4.69, 9.17) is 11.6 Å². The van der Waals surface area contributed by atoms with Crippen LogP contribution in [0, 0.1) is 0 Å². The predicted octanol–water partition coefficient (Wildman–Crippen LogP) is 3.94. The summed E-state index contributed by atoms with van der Waals surface area (Å²) in [5.74, 6) is 0.898. The van der Waals surface area contributed by atoms with Crippen molar-refractivity contribution < 1.29 is 0 Å². The topological polar surface area (TPSA) is 41.0 Å².